The number of nitrogens with zero attached hydrogens (tertiary/aromatic N) is 1. The van der Waals surface area contributed by atoms with Crippen molar-refractivity contribution in [2.75, 3.05) is 29.9 Å². The third-order valence-corrected chi connectivity index (χ3v) is 9.46. The Morgan fingerprint density at radius 2 is 1.73 bits per heavy atom. The zero-order chi connectivity index (χ0) is 29.0. The van der Waals surface area contributed by atoms with Gasteiger partial charge in [0.1, 0.15) is 4.90 Å². The number of ether oxygens (including phenoxy) is 1. The van der Waals surface area contributed by atoms with E-state index in [2.05, 4.69) is 10.0 Å². The molecule has 41 heavy (non-hydrogen) atoms. The fourth-order valence-electron chi connectivity index (χ4n) is 5.61. The molecule has 0 aromatic heterocycles. The smallest absolute Gasteiger partial charge is 0.310 e. The minimum absolute atomic E-state index is 0.0676. The number of esters is 1. The van der Waals surface area contributed by atoms with E-state index >= 15 is 0 Å². The monoisotopic (exact) mass is 575 g/mol. The summed E-state index contributed by atoms with van der Waals surface area (Å²) >= 11 is 0. The Balaban J connectivity index is 1.41. The van der Waals surface area contributed by atoms with Gasteiger partial charge < -0.3 is 15.0 Å². The van der Waals surface area contributed by atoms with Crippen molar-refractivity contribution < 1.29 is 22.7 Å². The van der Waals surface area contributed by atoms with Crippen LogP contribution < -0.4 is 14.9 Å². The molecule has 1 saturated heterocycles. The fourth-order valence-corrected chi connectivity index (χ4v) is 7.09. The molecule has 0 radical (unpaired) electrons. The quantitative estimate of drug-likeness (QED) is 0.320. The van der Waals surface area contributed by atoms with E-state index in [-0.39, 0.29) is 34.5 Å². The average Bonchev–Trinajstić information content (AvgIpc) is 3.80. The van der Waals surface area contributed by atoms with Crippen molar-refractivity contribution >= 4 is 33.3 Å². The molecule has 9 heteroatoms. The van der Waals surface area contributed by atoms with Gasteiger partial charge in [0.05, 0.1) is 18.2 Å². The molecule has 3 aromatic carbocycles. The summed E-state index contributed by atoms with van der Waals surface area (Å²) in [5.41, 5.74) is 2.89. The van der Waals surface area contributed by atoms with Gasteiger partial charge in [0.15, 0.2) is 0 Å². The Morgan fingerprint density at radius 3 is 2.44 bits per heavy atom. The zero-order valence-corrected chi connectivity index (χ0v) is 24.3. The maximum Gasteiger partial charge on any atom is 0.310 e. The molecule has 1 amide bonds. The number of amides is 1. The summed E-state index contributed by atoms with van der Waals surface area (Å²) in [6.07, 6.45) is 2.19. The van der Waals surface area contributed by atoms with Crippen molar-refractivity contribution in [2.24, 2.45) is 11.8 Å². The summed E-state index contributed by atoms with van der Waals surface area (Å²) in [7, 11) is -4.01. The van der Waals surface area contributed by atoms with Crippen molar-refractivity contribution in [1.29, 1.82) is 0 Å². The predicted molar refractivity (Wildman–Crippen MR) is 159 cm³/mol. The van der Waals surface area contributed by atoms with Gasteiger partial charge in [-0.3, -0.25) is 9.59 Å². The number of anilines is 2. The molecule has 0 bridgehead atoms. The van der Waals surface area contributed by atoms with Gasteiger partial charge in [-0.25, -0.2) is 13.1 Å². The minimum atomic E-state index is -4.01. The number of hydrogen-bond donors (Lipinski definition) is 2. The van der Waals surface area contributed by atoms with Crippen LogP contribution in [0.25, 0.3) is 0 Å². The summed E-state index contributed by atoms with van der Waals surface area (Å²) in [5.74, 6) is -0.708. The van der Waals surface area contributed by atoms with Crippen LogP contribution >= 0.6 is 0 Å². The van der Waals surface area contributed by atoms with Crippen molar-refractivity contribution in [2.45, 2.75) is 50.0 Å². The molecule has 1 aliphatic heterocycles. The van der Waals surface area contributed by atoms with E-state index in [1.165, 1.54) is 6.07 Å². The molecule has 2 aliphatic rings. The highest BCUT2D eigenvalue weighted by Crippen LogP contribution is 2.48. The lowest BCUT2D eigenvalue weighted by Gasteiger charge is -2.34. The molecule has 2 fully saturated rings. The highest BCUT2D eigenvalue weighted by molar-refractivity contribution is 7.89. The first kappa shape index (κ1) is 28.8. The third kappa shape index (κ3) is 6.80. The van der Waals surface area contributed by atoms with E-state index in [0.29, 0.717) is 37.5 Å². The van der Waals surface area contributed by atoms with Gasteiger partial charge in [0, 0.05) is 30.7 Å². The van der Waals surface area contributed by atoms with Crippen LogP contribution in [0.4, 0.5) is 11.4 Å². The van der Waals surface area contributed by atoms with Crippen LogP contribution in [0.2, 0.25) is 0 Å². The van der Waals surface area contributed by atoms with Crippen LogP contribution in [-0.2, 0) is 24.3 Å². The molecule has 1 heterocycles. The Hall–Kier alpha value is -3.69. The fraction of sp³-hybridized carbons (Fsp3) is 0.375. The van der Waals surface area contributed by atoms with Crippen LogP contribution in [0.15, 0.2) is 83.8 Å². The second-order valence-corrected chi connectivity index (χ2v) is 12.5. The Bertz CT molecular complexity index is 1480. The predicted octanol–water partition coefficient (Wildman–Crippen LogP) is 5.25. The number of benzene rings is 3. The first-order valence-electron chi connectivity index (χ1n) is 14.3. The summed E-state index contributed by atoms with van der Waals surface area (Å²) in [5, 5.41) is 2.95. The number of carbonyl (C=O) groups excluding carboxylic acids is 2. The molecule has 5 rings (SSSR count). The lowest BCUT2D eigenvalue weighted by atomic mass is 9.97. The SMILES string of the molecule is CCOC(=O)[C@@H]1CCCN(c2ccc(NC(=O)[C@@H]3C[C@H]3c3ccccc3)cc2S(=O)(=O)N[C@@H](C)c2ccccc2)C1. The molecular formula is C32H37N3O5S. The summed E-state index contributed by atoms with van der Waals surface area (Å²) in [6, 6.07) is 23.8. The Morgan fingerprint density at radius 1 is 1.02 bits per heavy atom. The number of rotatable bonds is 10. The van der Waals surface area contributed by atoms with Gasteiger partial charge in [-0.05, 0) is 68.4 Å². The van der Waals surface area contributed by atoms with E-state index < -0.39 is 16.1 Å². The van der Waals surface area contributed by atoms with E-state index in [4.69, 9.17) is 4.74 Å². The van der Waals surface area contributed by atoms with Gasteiger partial charge in [0.25, 0.3) is 0 Å². The van der Waals surface area contributed by atoms with Crippen molar-refractivity contribution in [3.63, 3.8) is 0 Å². The maximum atomic E-state index is 13.9. The molecule has 2 N–H and O–H groups in total. The van der Waals surface area contributed by atoms with Gasteiger partial charge in [0.2, 0.25) is 15.9 Å². The number of piperidine rings is 1. The summed E-state index contributed by atoms with van der Waals surface area (Å²) < 4.78 is 35.8. The second kappa shape index (κ2) is 12.4. The molecule has 0 spiro atoms. The van der Waals surface area contributed by atoms with Crippen LogP contribution in [0.3, 0.4) is 0 Å². The van der Waals surface area contributed by atoms with Gasteiger partial charge in [-0.1, -0.05) is 60.7 Å². The van der Waals surface area contributed by atoms with Crippen molar-refractivity contribution in [3.8, 4) is 0 Å². The number of carbonyl (C=O) groups is 2. The zero-order valence-electron chi connectivity index (χ0n) is 23.5. The average molecular weight is 576 g/mol. The van der Waals surface area contributed by atoms with E-state index in [1.54, 1.807) is 26.0 Å². The molecule has 3 aromatic rings. The normalized spacial score (nSPS) is 21.1. The van der Waals surface area contributed by atoms with E-state index in [0.717, 1.165) is 24.0 Å². The molecule has 1 saturated carbocycles. The molecular weight excluding hydrogens is 538 g/mol. The standard InChI is InChI=1S/C32H37N3O5S/c1-3-40-32(37)25-15-10-18-35(21-25)29-17-16-26(33-31(36)28-20-27(28)24-13-8-5-9-14-24)19-30(29)41(38,39)34-22(2)23-11-6-4-7-12-23/h4-9,11-14,16-17,19,22,25,27-28,34H,3,10,15,18,20-21H2,1-2H3,(H,33,36)/t22-,25+,27-,28+/m0/s1. The number of nitrogens with one attached hydrogen (secondary N) is 2. The van der Waals surface area contributed by atoms with Crippen LogP contribution in [0.1, 0.15) is 56.2 Å². The minimum Gasteiger partial charge on any atom is -0.466 e. The topological polar surface area (TPSA) is 105 Å². The van der Waals surface area contributed by atoms with Crippen molar-refractivity contribution in [3.05, 3.63) is 90.0 Å². The first-order chi connectivity index (χ1) is 19.8. The van der Waals surface area contributed by atoms with Crippen LogP contribution in [-0.4, -0.2) is 40.0 Å². The van der Waals surface area contributed by atoms with Crippen LogP contribution in [0, 0.1) is 11.8 Å². The maximum absolute atomic E-state index is 13.9. The van der Waals surface area contributed by atoms with E-state index in [1.807, 2.05) is 65.6 Å². The summed E-state index contributed by atoms with van der Waals surface area (Å²) in [6.45, 7) is 4.85. The lowest BCUT2D eigenvalue weighted by Crippen LogP contribution is -2.40. The largest absolute Gasteiger partial charge is 0.466 e. The first-order valence-corrected chi connectivity index (χ1v) is 15.7. The van der Waals surface area contributed by atoms with Gasteiger partial charge in [-0.2, -0.15) is 0 Å². The molecule has 8 nitrogen and oxygen atoms in total. The molecule has 216 valence electrons. The second-order valence-electron chi connectivity index (χ2n) is 10.8. The molecule has 0 unspecified atom stereocenters. The van der Waals surface area contributed by atoms with E-state index in [9.17, 15) is 18.0 Å². The molecule has 4 atom stereocenters. The van der Waals surface area contributed by atoms with Gasteiger partial charge in [-0.15, -0.1) is 0 Å². The highest BCUT2D eigenvalue weighted by atomic mass is 32.2. The Kier molecular flexibility index (Phi) is 8.75. The van der Waals surface area contributed by atoms with Crippen molar-refractivity contribution in [1.82, 2.24) is 4.72 Å². The number of hydrogen-bond acceptors (Lipinski definition) is 6. The van der Waals surface area contributed by atoms with Gasteiger partial charge >= 0.3 is 5.97 Å². The van der Waals surface area contributed by atoms with Crippen LogP contribution in [0.5, 0.6) is 0 Å². The molecule has 1 aliphatic carbocycles. The Labute approximate surface area is 242 Å². The highest BCUT2D eigenvalue weighted by Gasteiger charge is 2.44. The number of sulfonamides is 1. The summed E-state index contributed by atoms with van der Waals surface area (Å²) in [4.78, 5) is 27.6. The third-order valence-electron chi connectivity index (χ3n) is 7.89. The lowest BCUT2D eigenvalue weighted by molar-refractivity contribution is -0.148.